The molecule has 30 heavy (non-hydrogen) atoms. The molecule has 0 fully saturated rings. The van der Waals surface area contributed by atoms with Gasteiger partial charge in [0.05, 0.1) is 12.3 Å². The molecule has 0 saturated heterocycles. The number of benzene rings is 1. The number of aliphatic imine (C=N–C) groups is 1. The van der Waals surface area contributed by atoms with E-state index >= 15 is 0 Å². The van der Waals surface area contributed by atoms with Crippen LogP contribution >= 0.6 is 0 Å². The third-order valence-corrected chi connectivity index (χ3v) is 5.10. The monoisotopic (exact) mass is 413 g/mol. The van der Waals surface area contributed by atoms with E-state index in [0.29, 0.717) is 12.1 Å². The van der Waals surface area contributed by atoms with E-state index in [9.17, 15) is 4.79 Å². The minimum Gasteiger partial charge on any atom is -0.468 e. The third-order valence-electron chi connectivity index (χ3n) is 5.10. The Bertz CT molecular complexity index is 798. The lowest BCUT2D eigenvalue weighted by Gasteiger charge is -2.28. The molecule has 1 aromatic carbocycles. The Morgan fingerprint density at radius 1 is 1.13 bits per heavy atom. The van der Waals surface area contributed by atoms with Crippen molar-refractivity contribution in [3.8, 4) is 0 Å². The molecular formula is C23H35N5O2. The van der Waals surface area contributed by atoms with Crippen LogP contribution in [-0.2, 0) is 6.42 Å². The molecule has 0 spiro atoms. The Kier molecular flexibility index (Phi) is 9.41. The van der Waals surface area contributed by atoms with Crippen LogP contribution < -0.4 is 10.6 Å². The number of hydrogen-bond acceptors (Lipinski definition) is 4. The zero-order chi connectivity index (χ0) is 21.9. The molecule has 1 unspecified atom stereocenters. The largest absolute Gasteiger partial charge is 0.468 e. The van der Waals surface area contributed by atoms with Crippen molar-refractivity contribution in [1.29, 1.82) is 0 Å². The van der Waals surface area contributed by atoms with Gasteiger partial charge in [-0.15, -0.1) is 0 Å². The number of guanidine groups is 1. The molecule has 2 N–H and O–H groups in total. The second-order valence-electron chi connectivity index (χ2n) is 7.28. The summed E-state index contributed by atoms with van der Waals surface area (Å²) in [7, 11) is 5.30. The van der Waals surface area contributed by atoms with Gasteiger partial charge in [-0.1, -0.05) is 26.0 Å². The number of amides is 1. The van der Waals surface area contributed by atoms with Gasteiger partial charge >= 0.3 is 0 Å². The van der Waals surface area contributed by atoms with E-state index in [-0.39, 0.29) is 11.9 Å². The highest BCUT2D eigenvalue weighted by Crippen LogP contribution is 2.20. The van der Waals surface area contributed by atoms with Crippen LogP contribution in [0.5, 0.6) is 0 Å². The second-order valence-corrected chi connectivity index (χ2v) is 7.28. The van der Waals surface area contributed by atoms with Gasteiger partial charge in [0.15, 0.2) is 5.96 Å². The van der Waals surface area contributed by atoms with Crippen molar-refractivity contribution in [1.82, 2.24) is 20.4 Å². The van der Waals surface area contributed by atoms with E-state index < -0.39 is 0 Å². The molecule has 1 aromatic heterocycles. The molecule has 7 heteroatoms. The van der Waals surface area contributed by atoms with Gasteiger partial charge in [-0.05, 0) is 49.3 Å². The maximum Gasteiger partial charge on any atom is 0.253 e. The Morgan fingerprint density at radius 3 is 2.50 bits per heavy atom. The van der Waals surface area contributed by atoms with Gasteiger partial charge in [-0.2, -0.15) is 0 Å². The standard InChI is InChI=1S/C23H35N5O2/c1-6-28(7-2)20(21-12-9-15-30-21)17-26-23(24-3)25-14-13-18-10-8-11-19(16-18)22(29)27(4)5/h8-12,15-16,20H,6-7,13-14,17H2,1-5H3,(H2,24,25,26). The van der Waals surface area contributed by atoms with Gasteiger partial charge in [0, 0.05) is 39.8 Å². The number of hydrogen-bond donors (Lipinski definition) is 2. The van der Waals surface area contributed by atoms with Gasteiger partial charge in [0.1, 0.15) is 5.76 Å². The molecule has 164 valence electrons. The molecule has 1 atom stereocenters. The van der Waals surface area contributed by atoms with Crippen LogP contribution in [0.2, 0.25) is 0 Å². The first-order valence-electron chi connectivity index (χ1n) is 10.5. The van der Waals surface area contributed by atoms with Crippen molar-refractivity contribution in [2.75, 3.05) is 47.3 Å². The highest BCUT2D eigenvalue weighted by atomic mass is 16.3. The molecule has 0 bridgehead atoms. The number of carbonyl (C=O) groups excluding carboxylic acids is 1. The Labute approximate surface area is 180 Å². The van der Waals surface area contributed by atoms with E-state index in [2.05, 4.69) is 34.4 Å². The average molecular weight is 414 g/mol. The van der Waals surface area contributed by atoms with Crippen LogP contribution in [-0.4, -0.2) is 69.0 Å². The molecule has 0 aliphatic rings. The lowest BCUT2D eigenvalue weighted by atomic mass is 10.1. The van der Waals surface area contributed by atoms with Crippen LogP contribution in [0.3, 0.4) is 0 Å². The number of nitrogens with one attached hydrogen (secondary N) is 2. The molecule has 0 aliphatic carbocycles. The van der Waals surface area contributed by atoms with Crippen molar-refractivity contribution >= 4 is 11.9 Å². The maximum absolute atomic E-state index is 12.1. The van der Waals surface area contributed by atoms with Crippen LogP contribution in [0.25, 0.3) is 0 Å². The number of rotatable bonds is 10. The average Bonchev–Trinajstić information content (AvgIpc) is 3.29. The van der Waals surface area contributed by atoms with Crippen molar-refractivity contribution in [2.24, 2.45) is 4.99 Å². The molecule has 0 radical (unpaired) electrons. The second kappa shape index (κ2) is 12.0. The molecule has 2 aromatic rings. The zero-order valence-electron chi connectivity index (χ0n) is 18.8. The summed E-state index contributed by atoms with van der Waals surface area (Å²) < 4.78 is 5.66. The summed E-state index contributed by atoms with van der Waals surface area (Å²) in [5.74, 6) is 1.71. The van der Waals surface area contributed by atoms with Crippen molar-refractivity contribution in [3.63, 3.8) is 0 Å². The van der Waals surface area contributed by atoms with E-state index in [1.807, 2.05) is 36.4 Å². The number of furan rings is 1. The van der Waals surface area contributed by atoms with Crippen molar-refractivity contribution in [3.05, 3.63) is 59.5 Å². The quantitative estimate of drug-likeness (QED) is 0.463. The highest BCUT2D eigenvalue weighted by molar-refractivity contribution is 5.94. The first-order valence-corrected chi connectivity index (χ1v) is 10.5. The number of likely N-dealkylation sites (N-methyl/N-ethyl adjacent to an activating group) is 1. The zero-order valence-corrected chi connectivity index (χ0v) is 18.8. The van der Waals surface area contributed by atoms with E-state index in [0.717, 1.165) is 43.3 Å². The molecule has 0 aliphatic heterocycles. The summed E-state index contributed by atoms with van der Waals surface area (Å²) in [6.07, 6.45) is 2.51. The van der Waals surface area contributed by atoms with Crippen LogP contribution in [0, 0.1) is 0 Å². The van der Waals surface area contributed by atoms with Gasteiger partial charge in [0.2, 0.25) is 0 Å². The first kappa shape index (κ1) is 23.5. The maximum atomic E-state index is 12.1. The van der Waals surface area contributed by atoms with Crippen LogP contribution in [0.4, 0.5) is 0 Å². The third kappa shape index (κ3) is 6.62. The lowest BCUT2D eigenvalue weighted by molar-refractivity contribution is 0.0827. The highest BCUT2D eigenvalue weighted by Gasteiger charge is 2.20. The summed E-state index contributed by atoms with van der Waals surface area (Å²) in [6, 6.07) is 11.9. The van der Waals surface area contributed by atoms with Gasteiger partial charge in [-0.25, -0.2) is 0 Å². The van der Waals surface area contributed by atoms with E-state index in [1.165, 1.54) is 0 Å². The van der Waals surface area contributed by atoms with Gasteiger partial charge < -0.3 is 20.0 Å². The predicted octanol–water partition coefficient (Wildman–Crippen LogP) is 2.77. The first-order chi connectivity index (χ1) is 14.5. The molecule has 2 rings (SSSR count). The number of carbonyl (C=O) groups is 1. The Hall–Kier alpha value is -2.80. The van der Waals surface area contributed by atoms with E-state index in [1.54, 1.807) is 32.3 Å². The lowest BCUT2D eigenvalue weighted by Crippen LogP contribution is -2.43. The Morgan fingerprint density at radius 2 is 1.90 bits per heavy atom. The molecule has 1 amide bonds. The van der Waals surface area contributed by atoms with E-state index in [4.69, 9.17) is 4.42 Å². The van der Waals surface area contributed by atoms with Crippen molar-refractivity contribution < 1.29 is 9.21 Å². The summed E-state index contributed by atoms with van der Waals surface area (Å²) in [4.78, 5) is 20.4. The normalized spacial score (nSPS) is 12.7. The minimum absolute atomic E-state index is 0.0163. The molecule has 7 nitrogen and oxygen atoms in total. The minimum atomic E-state index is 0.0163. The SMILES string of the molecule is CCN(CC)C(CNC(=NC)NCCc1cccc(C(=O)N(C)C)c1)c1ccco1. The molecule has 0 saturated carbocycles. The fraction of sp³-hybridized carbons (Fsp3) is 0.478. The fourth-order valence-corrected chi connectivity index (χ4v) is 3.41. The topological polar surface area (TPSA) is 73.1 Å². The summed E-state index contributed by atoms with van der Waals surface area (Å²) >= 11 is 0. The molecule has 1 heterocycles. The summed E-state index contributed by atoms with van der Waals surface area (Å²) in [5.41, 5.74) is 1.82. The Balaban J connectivity index is 1.90. The van der Waals surface area contributed by atoms with Gasteiger partial charge in [0.25, 0.3) is 5.91 Å². The van der Waals surface area contributed by atoms with Gasteiger partial charge in [-0.3, -0.25) is 14.7 Å². The summed E-state index contributed by atoms with van der Waals surface area (Å²) in [5, 5.41) is 6.77. The predicted molar refractivity (Wildman–Crippen MR) is 122 cm³/mol. The smallest absolute Gasteiger partial charge is 0.253 e. The van der Waals surface area contributed by atoms with Crippen molar-refractivity contribution in [2.45, 2.75) is 26.3 Å². The summed E-state index contributed by atoms with van der Waals surface area (Å²) in [6.45, 7) is 7.61. The van der Waals surface area contributed by atoms with Crippen LogP contribution in [0.15, 0.2) is 52.1 Å². The van der Waals surface area contributed by atoms with Crippen LogP contribution in [0.1, 0.15) is 41.6 Å². The molecular weight excluding hydrogens is 378 g/mol. The fourth-order valence-electron chi connectivity index (χ4n) is 3.41. The number of nitrogens with zero attached hydrogens (tertiary/aromatic N) is 3.